The van der Waals surface area contributed by atoms with Crippen molar-refractivity contribution in [3.63, 3.8) is 0 Å². The molecule has 0 bridgehead atoms. The van der Waals surface area contributed by atoms with Crippen molar-refractivity contribution in [1.82, 2.24) is 0 Å². The molecule has 0 spiro atoms. The van der Waals surface area contributed by atoms with Crippen LogP contribution in [0.15, 0.2) is 30.3 Å². The fraction of sp³-hybridized carbons (Fsp3) is 0.250. The topological polar surface area (TPSA) is 0 Å². The molecule has 1 unspecified atom stereocenters. The molecule has 0 nitrogen and oxygen atoms in total. The number of halogens is 4. The number of benzene rings is 2. The Hall–Kier alpha value is -1.48. The van der Waals surface area contributed by atoms with E-state index in [-0.39, 0.29) is 5.56 Å². The maximum absolute atomic E-state index is 13.7. The smallest absolute Gasteiger partial charge is 0.194 e. The molecule has 2 rings (SSSR count). The Labute approximate surface area is 121 Å². The van der Waals surface area contributed by atoms with Crippen molar-refractivity contribution in [2.75, 3.05) is 0 Å². The van der Waals surface area contributed by atoms with Gasteiger partial charge in [-0.25, -0.2) is 13.2 Å². The molecule has 4 heteroatoms. The highest BCUT2D eigenvalue weighted by atomic mass is 35.5. The van der Waals surface area contributed by atoms with Crippen LogP contribution in [0.4, 0.5) is 13.2 Å². The van der Waals surface area contributed by atoms with Crippen LogP contribution in [0.2, 0.25) is 0 Å². The minimum atomic E-state index is -1.48. The first-order valence-corrected chi connectivity index (χ1v) is 6.67. The van der Waals surface area contributed by atoms with E-state index in [0.29, 0.717) is 6.42 Å². The minimum absolute atomic E-state index is 0.0243. The molecular formula is C16H14ClF3. The summed E-state index contributed by atoms with van der Waals surface area (Å²) in [6, 6.07) is 7.89. The van der Waals surface area contributed by atoms with E-state index in [1.807, 2.05) is 32.0 Å². The van der Waals surface area contributed by atoms with Crippen molar-refractivity contribution in [1.29, 1.82) is 0 Å². The number of rotatable bonds is 3. The Morgan fingerprint density at radius 2 is 1.65 bits per heavy atom. The summed E-state index contributed by atoms with van der Waals surface area (Å²) in [4.78, 5) is 0. The van der Waals surface area contributed by atoms with E-state index in [2.05, 4.69) is 0 Å². The molecule has 0 aliphatic carbocycles. The zero-order valence-corrected chi connectivity index (χ0v) is 11.9. The van der Waals surface area contributed by atoms with Gasteiger partial charge < -0.3 is 0 Å². The summed E-state index contributed by atoms with van der Waals surface area (Å²) in [5.41, 5.74) is 3.16. The molecule has 0 saturated carbocycles. The van der Waals surface area contributed by atoms with E-state index in [4.69, 9.17) is 11.6 Å². The highest BCUT2D eigenvalue weighted by Gasteiger charge is 2.19. The number of alkyl halides is 1. The standard InChI is InChI=1S/C16H14ClF3/c1-9-3-4-11(7-10(9)2)8-13(17)12-5-6-14(18)16(20)15(12)19/h3-7,13H,8H2,1-2H3. The second kappa shape index (κ2) is 5.88. The average Bonchev–Trinajstić information content (AvgIpc) is 2.40. The predicted octanol–water partition coefficient (Wildman–Crippen LogP) is 5.24. The van der Waals surface area contributed by atoms with Gasteiger partial charge in [0.2, 0.25) is 0 Å². The molecule has 20 heavy (non-hydrogen) atoms. The number of aryl methyl sites for hydroxylation is 2. The molecule has 2 aromatic rings. The molecule has 0 aromatic heterocycles. The fourth-order valence-electron chi connectivity index (χ4n) is 2.03. The molecule has 0 heterocycles. The van der Waals surface area contributed by atoms with Crippen molar-refractivity contribution in [3.8, 4) is 0 Å². The van der Waals surface area contributed by atoms with Crippen LogP contribution >= 0.6 is 11.6 Å². The zero-order chi connectivity index (χ0) is 14.9. The molecule has 1 atom stereocenters. The molecule has 0 saturated heterocycles. The zero-order valence-electron chi connectivity index (χ0n) is 11.2. The minimum Gasteiger partial charge on any atom is -0.204 e. The molecule has 0 N–H and O–H groups in total. The first kappa shape index (κ1) is 14.9. The summed E-state index contributed by atoms with van der Waals surface area (Å²) in [5.74, 6) is -3.90. The third kappa shape index (κ3) is 2.98. The van der Waals surface area contributed by atoms with Crippen LogP contribution < -0.4 is 0 Å². The van der Waals surface area contributed by atoms with E-state index in [0.717, 1.165) is 22.8 Å². The Morgan fingerprint density at radius 3 is 2.30 bits per heavy atom. The maximum Gasteiger partial charge on any atom is 0.194 e. The van der Waals surface area contributed by atoms with E-state index in [1.165, 1.54) is 6.07 Å². The maximum atomic E-state index is 13.7. The largest absolute Gasteiger partial charge is 0.204 e. The summed E-state index contributed by atoms with van der Waals surface area (Å²) in [5, 5.41) is -0.743. The fourth-order valence-corrected chi connectivity index (χ4v) is 2.38. The van der Waals surface area contributed by atoms with Crippen LogP contribution in [-0.4, -0.2) is 0 Å². The van der Waals surface area contributed by atoms with Crippen molar-refractivity contribution in [3.05, 3.63) is 70.0 Å². The van der Waals surface area contributed by atoms with Crippen LogP contribution in [0.25, 0.3) is 0 Å². The average molecular weight is 299 g/mol. The highest BCUT2D eigenvalue weighted by Crippen LogP contribution is 2.29. The van der Waals surface area contributed by atoms with Gasteiger partial charge in [-0.2, -0.15) is 0 Å². The van der Waals surface area contributed by atoms with Crippen LogP contribution in [0.5, 0.6) is 0 Å². The SMILES string of the molecule is Cc1ccc(CC(Cl)c2ccc(F)c(F)c2F)cc1C. The molecule has 0 aliphatic rings. The third-order valence-electron chi connectivity index (χ3n) is 3.39. The lowest BCUT2D eigenvalue weighted by atomic mass is 10.00. The quantitative estimate of drug-likeness (QED) is 0.537. The Bertz CT molecular complexity index is 638. The lowest BCUT2D eigenvalue weighted by molar-refractivity contribution is 0.440. The van der Waals surface area contributed by atoms with Crippen molar-refractivity contribution in [2.45, 2.75) is 25.6 Å². The van der Waals surface area contributed by atoms with Crippen molar-refractivity contribution < 1.29 is 13.2 Å². The van der Waals surface area contributed by atoms with Gasteiger partial charge in [0.15, 0.2) is 17.5 Å². The molecule has 0 fully saturated rings. The molecule has 0 amide bonds. The summed E-state index contributed by atoms with van der Waals surface area (Å²) in [6.07, 6.45) is 0.352. The van der Waals surface area contributed by atoms with Crippen LogP contribution in [0.3, 0.4) is 0 Å². The van der Waals surface area contributed by atoms with Gasteiger partial charge in [0.25, 0.3) is 0 Å². The van der Waals surface area contributed by atoms with Gasteiger partial charge in [-0.1, -0.05) is 24.3 Å². The molecular weight excluding hydrogens is 285 g/mol. The van der Waals surface area contributed by atoms with Gasteiger partial charge >= 0.3 is 0 Å². The molecule has 0 radical (unpaired) electrons. The van der Waals surface area contributed by atoms with Crippen molar-refractivity contribution in [2.24, 2.45) is 0 Å². The summed E-state index contributed by atoms with van der Waals surface area (Å²) < 4.78 is 39.7. The van der Waals surface area contributed by atoms with Gasteiger partial charge in [0.05, 0.1) is 5.38 Å². The van der Waals surface area contributed by atoms with Crippen LogP contribution in [-0.2, 0) is 6.42 Å². The monoisotopic (exact) mass is 298 g/mol. The second-order valence-electron chi connectivity index (χ2n) is 4.85. The normalized spacial score (nSPS) is 12.5. The van der Waals surface area contributed by atoms with Crippen molar-refractivity contribution >= 4 is 11.6 Å². The summed E-state index contributed by atoms with van der Waals surface area (Å²) >= 11 is 6.13. The first-order chi connectivity index (χ1) is 9.40. The van der Waals surface area contributed by atoms with Gasteiger partial charge in [-0.15, -0.1) is 11.6 Å². The van der Waals surface area contributed by atoms with Crippen LogP contribution in [0, 0.1) is 31.3 Å². The Kier molecular flexibility index (Phi) is 4.39. The van der Waals surface area contributed by atoms with E-state index in [9.17, 15) is 13.2 Å². The van der Waals surface area contributed by atoms with E-state index >= 15 is 0 Å². The number of hydrogen-bond donors (Lipinski definition) is 0. The second-order valence-corrected chi connectivity index (χ2v) is 5.38. The third-order valence-corrected chi connectivity index (χ3v) is 3.78. The lowest BCUT2D eigenvalue weighted by Crippen LogP contribution is -2.03. The number of hydrogen-bond acceptors (Lipinski definition) is 0. The summed E-state index contributed by atoms with van der Waals surface area (Å²) in [6.45, 7) is 3.96. The molecule has 0 aliphatic heterocycles. The van der Waals surface area contributed by atoms with Gasteiger partial charge in [-0.3, -0.25) is 0 Å². The van der Waals surface area contributed by atoms with E-state index < -0.39 is 22.8 Å². The Morgan fingerprint density at radius 1 is 0.950 bits per heavy atom. The van der Waals surface area contributed by atoms with E-state index in [1.54, 1.807) is 0 Å². The Balaban J connectivity index is 2.26. The molecule has 2 aromatic carbocycles. The van der Waals surface area contributed by atoms with Gasteiger partial charge in [0.1, 0.15) is 0 Å². The molecule has 106 valence electrons. The van der Waals surface area contributed by atoms with Gasteiger partial charge in [0, 0.05) is 5.56 Å². The predicted molar refractivity (Wildman–Crippen MR) is 74.5 cm³/mol. The lowest BCUT2D eigenvalue weighted by Gasteiger charge is -2.13. The first-order valence-electron chi connectivity index (χ1n) is 6.23. The van der Waals surface area contributed by atoms with Gasteiger partial charge in [-0.05, 0) is 43.0 Å². The summed E-state index contributed by atoms with van der Waals surface area (Å²) in [7, 11) is 0. The van der Waals surface area contributed by atoms with Crippen LogP contribution in [0.1, 0.15) is 27.6 Å². The highest BCUT2D eigenvalue weighted by molar-refractivity contribution is 6.20.